The minimum atomic E-state index is 0.543. The number of aryl methyl sites for hydroxylation is 1. The fourth-order valence-corrected chi connectivity index (χ4v) is 4.28. The fraction of sp³-hybridized carbons (Fsp3) is 0.280. The van der Waals surface area contributed by atoms with Gasteiger partial charge in [-0.05, 0) is 31.3 Å². The second kappa shape index (κ2) is 8.51. The van der Waals surface area contributed by atoms with Crippen molar-refractivity contribution in [3.05, 3.63) is 60.9 Å². The summed E-state index contributed by atoms with van der Waals surface area (Å²) in [5, 5.41) is 4.52. The molecule has 2 aromatic carbocycles. The predicted octanol–water partition coefficient (Wildman–Crippen LogP) is 4.14. The van der Waals surface area contributed by atoms with Crippen LogP contribution in [0.25, 0.3) is 22.2 Å². The van der Waals surface area contributed by atoms with Crippen molar-refractivity contribution in [1.82, 2.24) is 19.4 Å². The first-order valence-corrected chi connectivity index (χ1v) is 10.9. The largest absolute Gasteiger partial charge is 0.494 e. The number of piperazine rings is 1. The minimum Gasteiger partial charge on any atom is -0.494 e. The summed E-state index contributed by atoms with van der Waals surface area (Å²) in [4.78, 5) is 14.0. The van der Waals surface area contributed by atoms with E-state index in [2.05, 4.69) is 81.4 Å². The normalized spacial score (nSPS) is 14.7. The lowest BCUT2D eigenvalue weighted by Crippen LogP contribution is -2.44. The first-order chi connectivity index (χ1) is 15.6. The van der Waals surface area contributed by atoms with E-state index in [1.165, 1.54) is 16.6 Å². The van der Waals surface area contributed by atoms with Gasteiger partial charge in [-0.2, -0.15) is 0 Å². The molecule has 1 N–H and O–H groups in total. The number of hydrogen-bond acceptors (Lipinski definition) is 6. The molecule has 7 nitrogen and oxygen atoms in total. The number of hydrogen-bond donors (Lipinski definition) is 1. The molecule has 4 aromatic rings. The lowest BCUT2D eigenvalue weighted by molar-refractivity contribution is 0.312. The second-order valence-electron chi connectivity index (χ2n) is 8.24. The third-order valence-electron chi connectivity index (χ3n) is 6.13. The number of benzene rings is 2. The molecule has 1 aliphatic rings. The molecule has 32 heavy (non-hydrogen) atoms. The molecule has 3 heterocycles. The molecular weight excluding hydrogens is 400 g/mol. The highest BCUT2D eigenvalue weighted by Gasteiger charge is 2.17. The predicted molar refractivity (Wildman–Crippen MR) is 130 cm³/mol. The van der Waals surface area contributed by atoms with Crippen molar-refractivity contribution in [1.29, 1.82) is 0 Å². The maximum atomic E-state index is 5.69. The Bertz CT molecular complexity index is 1240. The average Bonchev–Trinajstić information content (AvgIpc) is 3.17. The van der Waals surface area contributed by atoms with E-state index in [0.29, 0.717) is 5.95 Å². The Kier molecular flexibility index (Phi) is 5.41. The molecule has 5 rings (SSSR count). The van der Waals surface area contributed by atoms with E-state index < -0.39 is 0 Å². The molecule has 2 aromatic heterocycles. The molecule has 0 radical (unpaired) electrons. The van der Waals surface area contributed by atoms with Crippen LogP contribution in [0.5, 0.6) is 5.75 Å². The molecule has 0 spiro atoms. The van der Waals surface area contributed by atoms with Crippen LogP contribution in [0.4, 0.5) is 17.3 Å². The van der Waals surface area contributed by atoms with Crippen LogP contribution in [0.15, 0.2) is 60.9 Å². The van der Waals surface area contributed by atoms with Gasteiger partial charge in [-0.25, -0.2) is 9.97 Å². The number of fused-ring (bicyclic) bond motifs is 1. The van der Waals surface area contributed by atoms with E-state index >= 15 is 0 Å². The molecule has 0 aliphatic carbocycles. The topological polar surface area (TPSA) is 58.5 Å². The first-order valence-electron chi connectivity index (χ1n) is 10.9. The van der Waals surface area contributed by atoms with Crippen LogP contribution in [0.1, 0.15) is 0 Å². The summed E-state index contributed by atoms with van der Waals surface area (Å²) < 4.78 is 7.81. The highest BCUT2D eigenvalue weighted by atomic mass is 16.5. The third kappa shape index (κ3) is 3.87. The number of ether oxygens (including phenoxy) is 1. The van der Waals surface area contributed by atoms with Crippen LogP contribution in [0.3, 0.4) is 0 Å². The summed E-state index contributed by atoms with van der Waals surface area (Å²) in [6, 6.07) is 16.6. The van der Waals surface area contributed by atoms with Gasteiger partial charge < -0.3 is 24.4 Å². The summed E-state index contributed by atoms with van der Waals surface area (Å²) in [6.07, 6.45) is 3.90. The lowest BCUT2D eigenvalue weighted by atomic mass is 10.1. The van der Waals surface area contributed by atoms with Crippen LogP contribution in [0, 0.1) is 0 Å². The quantitative estimate of drug-likeness (QED) is 0.516. The molecule has 1 saturated heterocycles. The van der Waals surface area contributed by atoms with Gasteiger partial charge in [0, 0.05) is 73.8 Å². The highest BCUT2D eigenvalue weighted by Crippen LogP contribution is 2.33. The van der Waals surface area contributed by atoms with Gasteiger partial charge in [-0.15, -0.1) is 0 Å². The summed E-state index contributed by atoms with van der Waals surface area (Å²) in [7, 11) is 5.91. The van der Waals surface area contributed by atoms with Crippen LogP contribution < -0.4 is 15.0 Å². The molecule has 1 fully saturated rings. The van der Waals surface area contributed by atoms with Crippen molar-refractivity contribution < 1.29 is 4.74 Å². The second-order valence-corrected chi connectivity index (χ2v) is 8.24. The minimum absolute atomic E-state index is 0.543. The van der Waals surface area contributed by atoms with Gasteiger partial charge in [0.1, 0.15) is 5.75 Å². The Hall–Kier alpha value is -3.58. The zero-order valence-corrected chi connectivity index (χ0v) is 18.7. The Morgan fingerprint density at radius 3 is 2.59 bits per heavy atom. The van der Waals surface area contributed by atoms with Gasteiger partial charge >= 0.3 is 0 Å². The van der Waals surface area contributed by atoms with Gasteiger partial charge in [0.15, 0.2) is 0 Å². The lowest BCUT2D eigenvalue weighted by Gasteiger charge is -2.34. The molecule has 1 aliphatic heterocycles. The van der Waals surface area contributed by atoms with E-state index in [-0.39, 0.29) is 0 Å². The molecule has 7 heteroatoms. The molecule has 0 bridgehead atoms. The maximum absolute atomic E-state index is 5.69. The van der Waals surface area contributed by atoms with Gasteiger partial charge in [0.2, 0.25) is 5.95 Å². The SMILES string of the molecule is COc1cc(N2CCN(C)CC2)ccc1Nc1nccc(-c2cn(C)c3ccccc23)n1. The van der Waals surface area contributed by atoms with E-state index in [0.717, 1.165) is 48.9 Å². The third-order valence-corrected chi connectivity index (χ3v) is 6.13. The maximum Gasteiger partial charge on any atom is 0.227 e. The monoisotopic (exact) mass is 428 g/mol. The van der Waals surface area contributed by atoms with E-state index in [1.807, 2.05) is 12.1 Å². The van der Waals surface area contributed by atoms with Crippen LogP contribution in [-0.4, -0.2) is 59.8 Å². The number of para-hydroxylation sites is 1. The summed E-state index contributed by atoms with van der Waals surface area (Å²) in [5.41, 5.74) is 5.17. The van der Waals surface area contributed by atoms with Crippen molar-refractivity contribution in [2.45, 2.75) is 0 Å². The number of methoxy groups -OCH3 is 1. The summed E-state index contributed by atoms with van der Waals surface area (Å²) in [6.45, 7) is 4.17. The van der Waals surface area contributed by atoms with Gasteiger partial charge in [-0.1, -0.05) is 18.2 Å². The van der Waals surface area contributed by atoms with Crippen LogP contribution in [-0.2, 0) is 7.05 Å². The molecule has 0 saturated carbocycles. The molecule has 0 atom stereocenters. The Balaban J connectivity index is 1.42. The number of rotatable bonds is 5. The van der Waals surface area contributed by atoms with Crippen LogP contribution >= 0.6 is 0 Å². The van der Waals surface area contributed by atoms with Gasteiger partial charge in [-0.3, -0.25) is 0 Å². The molecule has 164 valence electrons. The zero-order chi connectivity index (χ0) is 22.1. The van der Waals surface area contributed by atoms with Crippen molar-refractivity contribution in [3.8, 4) is 17.0 Å². The molecule has 0 unspecified atom stereocenters. The van der Waals surface area contributed by atoms with Crippen LogP contribution in [0.2, 0.25) is 0 Å². The molecule has 0 amide bonds. The Morgan fingerprint density at radius 1 is 0.969 bits per heavy atom. The number of nitrogens with zero attached hydrogens (tertiary/aromatic N) is 5. The van der Waals surface area contributed by atoms with Crippen molar-refractivity contribution in [3.63, 3.8) is 0 Å². The van der Waals surface area contributed by atoms with Gasteiger partial charge in [0.25, 0.3) is 0 Å². The number of anilines is 3. The zero-order valence-electron chi connectivity index (χ0n) is 18.7. The Labute approximate surface area is 188 Å². The number of nitrogens with one attached hydrogen (secondary N) is 1. The Morgan fingerprint density at radius 2 is 1.78 bits per heavy atom. The standard InChI is InChI=1S/C25H28N6O/c1-29-12-14-31(15-13-29)18-8-9-22(24(16-18)32-3)28-25-26-11-10-21(27-25)20-17-30(2)23-7-5-4-6-19(20)23/h4-11,16-17H,12-15H2,1-3H3,(H,26,27,28). The van der Waals surface area contributed by atoms with E-state index in [1.54, 1.807) is 13.3 Å². The molecular formula is C25H28N6O. The van der Waals surface area contributed by atoms with E-state index in [4.69, 9.17) is 9.72 Å². The van der Waals surface area contributed by atoms with Crippen molar-refractivity contribution >= 4 is 28.2 Å². The van der Waals surface area contributed by atoms with Gasteiger partial charge in [0.05, 0.1) is 18.5 Å². The number of likely N-dealkylation sites (N-methyl/N-ethyl adjacent to an activating group) is 1. The van der Waals surface area contributed by atoms with Crippen molar-refractivity contribution in [2.75, 3.05) is 50.6 Å². The van der Waals surface area contributed by atoms with Crippen molar-refractivity contribution in [2.24, 2.45) is 7.05 Å². The summed E-state index contributed by atoms with van der Waals surface area (Å²) >= 11 is 0. The smallest absolute Gasteiger partial charge is 0.227 e. The number of aromatic nitrogens is 3. The average molecular weight is 429 g/mol. The highest BCUT2D eigenvalue weighted by molar-refractivity contribution is 5.95. The fourth-order valence-electron chi connectivity index (χ4n) is 4.28. The summed E-state index contributed by atoms with van der Waals surface area (Å²) in [5.74, 6) is 1.32. The van der Waals surface area contributed by atoms with E-state index in [9.17, 15) is 0 Å². The first kappa shape index (κ1) is 20.3.